The Hall–Kier alpha value is -0.660. The van der Waals surface area contributed by atoms with Crippen molar-refractivity contribution in [2.75, 3.05) is 13.4 Å². The topological polar surface area (TPSA) is 53.8 Å². The van der Waals surface area contributed by atoms with Gasteiger partial charge in [0.15, 0.2) is 17.2 Å². The van der Waals surface area contributed by atoms with Crippen molar-refractivity contribution in [2.24, 2.45) is 4.99 Å². The van der Waals surface area contributed by atoms with Crippen LogP contribution in [0.2, 0.25) is 0 Å². The molecule has 0 amide bonds. The Kier molecular flexibility index (Phi) is 6.04. The number of hydrogen-bond acceptors (Lipinski definition) is 5. The van der Waals surface area contributed by atoms with Gasteiger partial charge in [0, 0.05) is 6.08 Å². The van der Waals surface area contributed by atoms with E-state index in [9.17, 15) is 9.50 Å². The summed E-state index contributed by atoms with van der Waals surface area (Å²) in [6.45, 7) is 0. The first-order valence-corrected chi connectivity index (χ1v) is 7.18. The Bertz CT molecular complexity index is 451. The van der Waals surface area contributed by atoms with E-state index in [0.717, 1.165) is 6.21 Å². The number of methoxy groups -OCH3 is 1. The smallest absolute Gasteiger partial charge is 0.190 e. The highest BCUT2D eigenvalue weighted by Gasteiger charge is 2.15. The zero-order valence-corrected chi connectivity index (χ0v) is 12.7. The van der Waals surface area contributed by atoms with Crippen LogP contribution in [0.25, 0.3) is 0 Å². The fourth-order valence-electron chi connectivity index (χ4n) is 1.06. The summed E-state index contributed by atoms with van der Waals surface area (Å²) in [5.41, 5.74) is -0.512. The molecular weight excluding hydrogens is 347 g/mol. The zero-order chi connectivity index (χ0) is 13.7. The van der Waals surface area contributed by atoms with Gasteiger partial charge in [-0.15, -0.1) is 11.8 Å². The largest absolute Gasteiger partial charge is 0.495 e. The molecule has 0 fully saturated rings. The molecule has 0 bridgehead atoms. The van der Waals surface area contributed by atoms with Crippen molar-refractivity contribution in [3.63, 3.8) is 0 Å². The summed E-state index contributed by atoms with van der Waals surface area (Å²) in [5.74, 6) is -0.687. The van der Waals surface area contributed by atoms with Crippen LogP contribution < -0.4 is 5.32 Å². The number of nitrogens with one attached hydrogen (secondary N) is 1. The first-order chi connectivity index (χ1) is 8.49. The van der Waals surface area contributed by atoms with Gasteiger partial charge in [-0.1, -0.05) is 11.6 Å². The molecule has 1 aliphatic heterocycles. The lowest BCUT2D eigenvalue weighted by molar-refractivity contribution is 0.295. The third-order valence-electron chi connectivity index (χ3n) is 1.92. The van der Waals surface area contributed by atoms with Crippen molar-refractivity contribution < 1.29 is 14.2 Å². The molecule has 1 unspecified atom stereocenters. The molecular formula is C10H11BrClFN2O2S. The van der Waals surface area contributed by atoms with Gasteiger partial charge in [0.1, 0.15) is 5.76 Å². The van der Waals surface area contributed by atoms with E-state index >= 15 is 0 Å². The predicted octanol–water partition coefficient (Wildman–Crippen LogP) is 3.38. The quantitative estimate of drug-likeness (QED) is 0.795. The van der Waals surface area contributed by atoms with Crippen LogP contribution in [0, 0.1) is 0 Å². The summed E-state index contributed by atoms with van der Waals surface area (Å²) >= 11 is 10.2. The molecule has 18 heavy (non-hydrogen) atoms. The Morgan fingerprint density at radius 3 is 2.89 bits per heavy atom. The Balaban J connectivity index is 3.31. The minimum atomic E-state index is -0.634. The molecule has 2 N–H and O–H groups in total. The van der Waals surface area contributed by atoms with Gasteiger partial charge >= 0.3 is 0 Å². The van der Waals surface area contributed by atoms with Crippen LogP contribution in [-0.4, -0.2) is 30.2 Å². The lowest BCUT2D eigenvalue weighted by Crippen LogP contribution is -2.24. The normalized spacial score (nSPS) is 34.3. The summed E-state index contributed by atoms with van der Waals surface area (Å²) in [6, 6.07) is 0. The van der Waals surface area contributed by atoms with Crippen molar-refractivity contribution in [2.45, 2.75) is 5.50 Å². The standard InChI is InChI=1S/C10H11BrClFN2O2S/c1-17-6-3-7(16)15-10(18-2)14-4-5(13)8(11)9(6)12/h3-4,10,15-16H,1-2H3/b7-3-,8-5-,9-6-,14-4+. The van der Waals surface area contributed by atoms with Crippen LogP contribution >= 0.6 is 39.3 Å². The molecule has 1 aliphatic rings. The third-order valence-corrected chi connectivity index (χ3v) is 3.99. The fourth-order valence-corrected chi connectivity index (χ4v) is 2.01. The monoisotopic (exact) mass is 356 g/mol. The highest BCUT2D eigenvalue weighted by Crippen LogP contribution is 2.29. The molecule has 0 aromatic carbocycles. The number of hydrogen-bond donors (Lipinski definition) is 2. The first kappa shape index (κ1) is 15.4. The summed E-state index contributed by atoms with van der Waals surface area (Å²) in [5, 5.41) is 12.3. The maximum absolute atomic E-state index is 13.7. The number of halogens is 3. The van der Waals surface area contributed by atoms with Gasteiger partial charge < -0.3 is 15.2 Å². The van der Waals surface area contributed by atoms with Gasteiger partial charge in [-0.05, 0) is 22.2 Å². The molecule has 1 atom stereocenters. The van der Waals surface area contributed by atoms with Crippen LogP contribution in [-0.2, 0) is 4.74 Å². The Morgan fingerprint density at radius 2 is 2.33 bits per heavy atom. The molecule has 8 heteroatoms. The van der Waals surface area contributed by atoms with Crippen LogP contribution in [0.5, 0.6) is 0 Å². The number of ether oxygens (including phenoxy) is 1. The zero-order valence-electron chi connectivity index (χ0n) is 9.58. The second kappa shape index (κ2) is 7.06. The number of aliphatic imine (C=N–C) groups is 1. The maximum Gasteiger partial charge on any atom is 0.190 e. The molecule has 0 saturated heterocycles. The number of allylic oxidation sites excluding steroid dienone is 4. The second-order valence-electron chi connectivity index (χ2n) is 3.08. The molecule has 1 heterocycles. The van der Waals surface area contributed by atoms with Gasteiger partial charge in [0.2, 0.25) is 0 Å². The van der Waals surface area contributed by atoms with Crippen LogP contribution in [0.3, 0.4) is 0 Å². The minimum absolute atomic E-state index is 0.00241. The van der Waals surface area contributed by atoms with Crippen molar-refractivity contribution in [3.05, 3.63) is 33.1 Å². The van der Waals surface area contributed by atoms with E-state index in [4.69, 9.17) is 16.3 Å². The van der Waals surface area contributed by atoms with E-state index in [1.54, 1.807) is 6.26 Å². The molecule has 1 rings (SSSR count). The number of nitrogens with zero attached hydrogens (tertiary/aromatic N) is 1. The molecule has 100 valence electrons. The van der Waals surface area contributed by atoms with Crippen molar-refractivity contribution in [3.8, 4) is 0 Å². The summed E-state index contributed by atoms with van der Waals surface area (Å²) in [7, 11) is 1.37. The van der Waals surface area contributed by atoms with Crippen LogP contribution in [0.1, 0.15) is 0 Å². The van der Waals surface area contributed by atoms with E-state index < -0.39 is 11.3 Å². The van der Waals surface area contributed by atoms with Crippen LogP contribution in [0.15, 0.2) is 38.1 Å². The van der Waals surface area contributed by atoms with E-state index in [2.05, 4.69) is 26.2 Å². The number of aliphatic hydroxyl groups excluding tert-OH is 1. The summed E-state index contributed by atoms with van der Waals surface area (Å²) in [4.78, 5) is 3.91. The van der Waals surface area contributed by atoms with Gasteiger partial charge in [-0.2, -0.15) is 0 Å². The molecule has 0 aromatic rings. The second-order valence-corrected chi connectivity index (χ2v) is 5.17. The predicted molar refractivity (Wildman–Crippen MR) is 76.6 cm³/mol. The molecule has 0 aliphatic carbocycles. The molecule has 0 radical (unpaired) electrons. The average molecular weight is 358 g/mol. The van der Waals surface area contributed by atoms with Gasteiger partial charge in [0.25, 0.3) is 0 Å². The Labute approximate surface area is 122 Å². The Morgan fingerprint density at radius 1 is 1.67 bits per heavy atom. The fraction of sp³-hybridized carbons (Fsp3) is 0.300. The van der Waals surface area contributed by atoms with E-state index in [-0.39, 0.29) is 21.2 Å². The lowest BCUT2D eigenvalue weighted by Gasteiger charge is -2.14. The molecule has 0 spiro atoms. The number of rotatable bonds is 2. The van der Waals surface area contributed by atoms with Gasteiger partial charge in [-0.3, -0.25) is 4.99 Å². The lowest BCUT2D eigenvalue weighted by atomic mass is 10.3. The summed E-state index contributed by atoms with van der Waals surface area (Å²) in [6.07, 6.45) is 4.04. The molecule has 0 saturated carbocycles. The van der Waals surface area contributed by atoms with E-state index in [1.165, 1.54) is 24.9 Å². The number of aliphatic hydroxyl groups is 1. The van der Waals surface area contributed by atoms with Crippen LogP contribution in [0.4, 0.5) is 4.39 Å². The van der Waals surface area contributed by atoms with Crippen molar-refractivity contribution in [1.82, 2.24) is 5.32 Å². The highest BCUT2D eigenvalue weighted by molar-refractivity contribution is 9.12. The third kappa shape index (κ3) is 3.93. The van der Waals surface area contributed by atoms with Crippen molar-refractivity contribution in [1.29, 1.82) is 0 Å². The average Bonchev–Trinajstić information content (AvgIpc) is 2.37. The van der Waals surface area contributed by atoms with E-state index in [0.29, 0.717) is 0 Å². The maximum atomic E-state index is 13.7. The van der Waals surface area contributed by atoms with Gasteiger partial charge in [0.05, 0.1) is 22.8 Å². The minimum Gasteiger partial charge on any atom is -0.495 e. The number of thioether (sulfide) groups is 1. The molecule has 4 nitrogen and oxygen atoms in total. The molecule has 0 aromatic heterocycles. The van der Waals surface area contributed by atoms with Crippen molar-refractivity contribution >= 4 is 45.5 Å². The first-order valence-electron chi connectivity index (χ1n) is 4.72. The van der Waals surface area contributed by atoms with E-state index in [1.807, 2.05) is 0 Å². The SMILES string of the molecule is COC1=C(Cl)/C(Br)=C(F)\C=N\C(SC)N\C(O)=C\1. The highest BCUT2D eigenvalue weighted by atomic mass is 79.9. The summed E-state index contributed by atoms with van der Waals surface area (Å²) < 4.78 is 18.7. The van der Waals surface area contributed by atoms with Gasteiger partial charge in [-0.25, -0.2) is 4.39 Å².